The third kappa shape index (κ3) is 5.67. The van der Waals surface area contributed by atoms with Crippen LogP contribution in [0.25, 0.3) is 0 Å². The summed E-state index contributed by atoms with van der Waals surface area (Å²) >= 11 is 0. The van der Waals surface area contributed by atoms with E-state index in [0.717, 1.165) is 5.75 Å². The Morgan fingerprint density at radius 1 is 1.22 bits per heavy atom. The fraction of sp³-hybridized carbons (Fsp3) is 0.632. The second-order valence-electron chi connectivity index (χ2n) is 7.43. The summed E-state index contributed by atoms with van der Waals surface area (Å²) in [5.74, 6) is -0.201. The largest absolute Gasteiger partial charge is 0.487 e. The van der Waals surface area contributed by atoms with Crippen LogP contribution in [-0.2, 0) is 14.8 Å². The van der Waals surface area contributed by atoms with Crippen LogP contribution < -0.4 is 10.2 Å². The Morgan fingerprint density at radius 2 is 1.70 bits per heavy atom. The van der Waals surface area contributed by atoms with Crippen LogP contribution >= 0.6 is 0 Å². The molecule has 0 unspecified atom stereocenters. The van der Waals surface area contributed by atoms with E-state index in [1.54, 1.807) is 0 Å². The van der Waals surface area contributed by atoms with Gasteiger partial charge in [-0.2, -0.15) is 0 Å². The van der Waals surface area contributed by atoms with Gasteiger partial charge in [-0.3, -0.25) is 10.0 Å². The summed E-state index contributed by atoms with van der Waals surface area (Å²) in [5.41, 5.74) is 0.968. The molecule has 2 rings (SSSR count). The normalized spacial score (nSPS) is 17.4. The Bertz CT molecular complexity index is 696. The summed E-state index contributed by atoms with van der Waals surface area (Å²) in [6.45, 7) is 9.28. The van der Waals surface area contributed by atoms with E-state index in [4.69, 9.17) is 9.94 Å². The quantitative estimate of drug-likeness (QED) is 0.585. The molecule has 1 amide bonds. The first kappa shape index (κ1) is 23.4. The van der Waals surface area contributed by atoms with E-state index in [2.05, 4.69) is 13.8 Å². The van der Waals surface area contributed by atoms with Gasteiger partial charge in [0.15, 0.2) is 4.75 Å². The molecule has 2 N–H and O–H groups in total. The van der Waals surface area contributed by atoms with Gasteiger partial charge in [0.05, 0.1) is 0 Å². The summed E-state index contributed by atoms with van der Waals surface area (Å²) in [6, 6.07) is 9.40. The molecule has 154 valence electrons. The van der Waals surface area contributed by atoms with E-state index in [1.165, 1.54) is 30.1 Å². The van der Waals surface area contributed by atoms with Crippen LogP contribution in [0.3, 0.4) is 0 Å². The van der Waals surface area contributed by atoms with E-state index < -0.39 is 26.3 Å². The summed E-state index contributed by atoms with van der Waals surface area (Å²) in [5, 5.41) is 8.78. The average Bonchev–Trinajstić information content (AvgIpc) is 2.62. The fourth-order valence-corrected chi connectivity index (χ4v) is 4.24. The van der Waals surface area contributed by atoms with Crippen molar-refractivity contribution in [3.8, 4) is 5.75 Å². The number of benzene rings is 1. The number of carbonyl (C=O) groups is 1. The molecule has 27 heavy (non-hydrogen) atoms. The molecule has 1 saturated heterocycles. The van der Waals surface area contributed by atoms with Gasteiger partial charge in [-0.25, -0.2) is 18.2 Å². The smallest absolute Gasteiger partial charge is 0.265 e. The summed E-state index contributed by atoms with van der Waals surface area (Å²) in [6.07, 6.45) is 2.27. The number of amides is 1. The van der Waals surface area contributed by atoms with Crippen LogP contribution in [0.2, 0.25) is 0 Å². The molecule has 1 aromatic carbocycles. The maximum absolute atomic E-state index is 12.7. The number of carbonyl (C=O) groups excluding carboxylic acids is 1. The number of rotatable bonds is 5. The van der Waals surface area contributed by atoms with Crippen LogP contribution in [0.4, 0.5) is 0 Å². The van der Waals surface area contributed by atoms with Crippen molar-refractivity contribution in [1.82, 2.24) is 9.79 Å². The second-order valence-corrected chi connectivity index (χ2v) is 9.91. The van der Waals surface area contributed by atoms with Crippen molar-refractivity contribution in [3.63, 3.8) is 0 Å². The van der Waals surface area contributed by atoms with Gasteiger partial charge in [-0.1, -0.05) is 38.5 Å². The van der Waals surface area contributed by atoms with Crippen molar-refractivity contribution >= 4 is 15.9 Å². The van der Waals surface area contributed by atoms with Gasteiger partial charge in [0, 0.05) is 25.9 Å². The molecule has 0 saturated carbocycles. The first-order valence-corrected chi connectivity index (χ1v) is 10.7. The van der Waals surface area contributed by atoms with Gasteiger partial charge in [-0.15, -0.1) is 0 Å². The van der Waals surface area contributed by atoms with E-state index in [1.807, 2.05) is 37.3 Å². The van der Waals surface area contributed by atoms with E-state index in [-0.39, 0.29) is 13.1 Å². The lowest BCUT2D eigenvalue weighted by Gasteiger charge is -2.41. The summed E-state index contributed by atoms with van der Waals surface area (Å²) in [7, 11) is -3.89. The average molecular weight is 401 g/mol. The lowest BCUT2D eigenvalue weighted by molar-refractivity contribution is -0.131. The lowest BCUT2D eigenvalue weighted by atomic mass is 9.94. The zero-order valence-corrected chi connectivity index (χ0v) is 17.7. The monoisotopic (exact) mass is 400 g/mol. The molecule has 0 atom stereocenters. The minimum Gasteiger partial charge on any atom is -0.487 e. The van der Waals surface area contributed by atoms with Gasteiger partial charge < -0.3 is 4.74 Å². The van der Waals surface area contributed by atoms with Crippen molar-refractivity contribution in [2.45, 2.75) is 64.2 Å². The third-order valence-electron chi connectivity index (χ3n) is 4.52. The van der Waals surface area contributed by atoms with Crippen molar-refractivity contribution in [1.29, 1.82) is 0 Å². The number of sulfonamides is 1. The number of hydroxylamine groups is 1. The Balaban J connectivity index is 0.00000114. The number of piperidine rings is 1. The number of hydrogen-bond acceptors (Lipinski definition) is 5. The third-order valence-corrected chi connectivity index (χ3v) is 7.04. The Hall–Kier alpha value is -1.64. The Kier molecular flexibility index (Phi) is 8.25. The Labute approximate surface area is 162 Å². The summed E-state index contributed by atoms with van der Waals surface area (Å²) in [4.78, 5) is 11.7. The van der Waals surface area contributed by atoms with E-state index >= 15 is 0 Å². The highest BCUT2D eigenvalue weighted by atomic mass is 32.2. The lowest BCUT2D eigenvalue weighted by Crippen LogP contribution is -2.57. The van der Waals surface area contributed by atoms with Gasteiger partial charge in [0.25, 0.3) is 5.91 Å². The van der Waals surface area contributed by atoms with Crippen LogP contribution in [0.5, 0.6) is 5.75 Å². The van der Waals surface area contributed by atoms with Gasteiger partial charge in [0.2, 0.25) is 10.0 Å². The molecular formula is C19H32N2O5S. The number of ether oxygens (including phenoxy) is 1. The molecule has 1 aromatic rings. The number of nitrogens with one attached hydrogen (secondary N) is 1. The molecule has 0 aliphatic carbocycles. The summed E-state index contributed by atoms with van der Waals surface area (Å²) < 4.78 is 30.9. The zero-order valence-electron chi connectivity index (χ0n) is 16.9. The topological polar surface area (TPSA) is 95.9 Å². The fourth-order valence-electron chi connectivity index (χ4n) is 2.65. The molecule has 8 heteroatoms. The molecule has 1 fully saturated rings. The first-order chi connectivity index (χ1) is 12.5. The second kappa shape index (κ2) is 9.52. The minimum atomic E-state index is -3.89. The van der Waals surface area contributed by atoms with Crippen molar-refractivity contribution < 1.29 is 23.2 Å². The molecule has 1 aliphatic heterocycles. The van der Waals surface area contributed by atoms with Gasteiger partial charge >= 0.3 is 0 Å². The molecule has 1 aliphatic rings. The highest BCUT2D eigenvalue weighted by Gasteiger charge is 2.47. The molecule has 0 bridgehead atoms. The standard InChI is InChI=1S/C16H24N2O5S.C3H8/c1-15(2,14(19)17-20)24(21,22)18-11-9-16(3,10-12-18)23-13-7-5-4-6-8-13;1-3-2/h4-8,20H,9-12H2,1-3H3,(H,17,19);3H2,1-2H3. The molecule has 0 radical (unpaired) electrons. The van der Waals surface area contributed by atoms with E-state index in [0.29, 0.717) is 12.8 Å². The maximum Gasteiger partial charge on any atom is 0.265 e. The van der Waals surface area contributed by atoms with Crippen molar-refractivity contribution in [2.75, 3.05) is 13.1 Å². The van der Waals surface area contributed by atoms with Crippen molar-refractivity contribution in [2.24, 2.45) is 0 Å². The molecule has 7 nitrogen and oxygen atoms in total. The molecule has 0 spiro atoms. The SMILES string of the molecule is CC1(Oc2ccccc2)CCN(S(=O)(=O)C(C)(C)C(=O)NO)CC1.CCC. The first-order valence-electron chi connectivity index (χ1n) is 9.22. The van der Waals surface area contributed by atoms with Crippen LogP contribution in [0.15, 0.2) is 30.3 Å². The zero-order chi connectivity index (χ0) is 20.7. The van der Waals surface area contributed by atoms with Gasteiger partial charge in [-0.05, 0) is 32.9 Å². The minimum absolute atomic E-state index is 0.258. The predicted octanol–water partition coefficient (Wildman–Crippen LogP) is 2.95. The van der Waals surface area contributed by atoms with Gasteiger partial charge in [0.1, 0.15) is 11.4 Å². The van der Waals surface area contributed by atoms with Crippen molar-refractivity contribution in [3.05, 3.63) is 30.3 Å². The number of para-hydroxylation sites is 1. The van der Waals surface area contributed by atoms with Crippen LogP contribution in [0.1, 0.15) is 53.9 Å². The van der Waals surface area contributed by atoms with E-state index in [9.17, 15) is 13.2 Å². The highest BCUT2D eigenvalue weighted by Crippen LogP contribution is 2.32. The number of nitrogens with zero attached hydrogens (tertiary/aromatic N) is 1. The predicted molar refractivity (Wildman–Crippen MR) is 105 cm³/mol. The molecule has 0 aromatic heterocycles. The molecule has 1 heterocycles. The number of hydrogen-bond donors (Lipinski definition) is 2. The van der Waals surface area contributed by atoms with Crippen LogP contribution in [0, 0.1) is 0 Å². The highest BCUT2D eigenvalue weighted by molar-refractivity contribution is 7.91. The molecular weight excluding hydrogens is 368 g/mol. The Morgan fingerprint density at radius 3 is 2.15 bits per heavy atom. The van der Waals surface area contributed by atoms with Crippen LogP contribution in [-0.4, -0.2) is 47.3 Å². The maximum atomic E-state index is 12.7.